The van der Waals surface area contributed by atoms with Crippen LogP contribution in [0.4, 0.5) is 0 Å². The zero-order chi connectivity index (χ0) is 16.5. The van der Waals surface area contributed by atoms with E-state index in [1.54, 1.807) is 0 Å². The fourth-order valence-electron chi connectivity index (χ4n) is 1.72. The Kier molecular flexibility index (Phi) is 6.19. The number of furan rings is 1. The molecule has 1 amide bonds. The molecule has 1 heterocycles. The molecule has 122 valence electrons. The van der Waals surface area contributed by atoms with Crippen LogP contribution in [0.25, 0.3) is 0 Å². The molecule has 0 fully saturated rings. The number of carbonyl (C=O) groups excluding carboxylic acids is 1. The van der Waals surface area contributed by atoms with Crippen LogP contribution in [-0.4, -0.2) is 36.8 Å². The Balaban J connectivity index is 1.57. The van der Waals surface area contributed by atoms with Gasteiger partial charge in [0.15, 0.2) is 0 Å². The fraction of sp³-hybridized carbons (Fsp3) is 0.250. The maximum absolute atomic E-state index is 11.6. The number of carboxylic acid groups (broad SMARTS) is 1. The van der Waals surface area contributed by atoms with Crippen LogP contribution in [0.1, 0.15) is 16.3 Å². The molecule has 0 bridgehead atoms. The van der Waals surface area contributed by atoms with E-state index in [1.165, 1.54) is 12.1 Å². The van der Waals surface area contributed by atoms with Crippen molar-refractivity contribution in [2.75, 3.05) is 19.8 Å². The van der Waals surface area contributed by atoms with E-state index >= 15 is 0 Å². The predicted molar refractivity (Wildman–Crippen MR) is 80.3 cm³/mol. The molecule has 7 heteroatoms. The third-order valence-corrected chi connectivity index (χ3v) is 2.80. The third kappa shape index (κ3) is 5.84. The summed E-state index contributed by atoms with van der Waals surface area (Å²) >= 11 is 0. The first kappa shape index (κ1) is 16.6. The molecule has 0 aliphatic carbocycles. The maximum atomic E-state index is 11.6. The summed E-state index contributed by atoms with van der Waals surface area (Å²) in [5.41, 5.74) is 0. The molecule has 1 aromatic heterocycles. The standard InChI is InChI=1S/C16H17NO6/c18-15(17-10-13-6-7-14(23-13)16(19)20)11-21-8-9-22-12-4-2-1-3-5-12/h1-7H,8-11H2,(H,17,18)(H,19,20). The molecular formula is C16H17NO6. The van der Waals surface area contributed by atoms with E-state index in [0.29, 0.717) is 12.4 Å². The normalized spacial score (nSPS) is 10.3. The van der Waals surface area contributed by atoms with Gasteiger partial charge in [-0.1, -0.05) is 18.2 Å². The van der Waals surface area contributed by atoms with Crippen LogP contribution in [0.3, 0.4) is 0 Å². The van der Waals surface area contributed by atoms with E-state index in [9.17, 15) is 9.59 Å². The Morgan fingerprint density at radius 1 is 1.09 bits per heavy atom. The van der Waals surface area contributed by atoms with Crippen molar-refractivity contribution in [2.24, 2.45) is 0 Å². The Labute approximate surface area is 132 Å². The second kappa shape index (κ2) is 8.60. The third-order valence-electron chi connectivity index (χ3n) is 2.80. The Bertz CT molecular complexity index is 637. The Morgan fingerprint density at radius 2 is 1.87 bits per heavy atom. The van der Waals surface area contributed by atoms with Gasteiger partial charge in [-0.05, 0) is 24.3 Å². The number of carbonyl (C=O) groups is 2. The van der Waals surface area contributed by atoms with Crippen LogP contribution >= 0.6 is 0 Å². The van der Waals surface area contributed by atoms with Crippen LogP contribution in [0.15, 0.2) is 46.9 Å². The fourth-order valence-corrected chi connectivity index (χ4v) is 1.72. The average Bonchev–Trinajstić information content (AvgIpc) is 3.03. The predicted octanol–water partition coefficient (Wildman–Crippen LogP) is 1.69. The summed E-state index contributed by atoms with van der Waals surface area (Å²) in [6, 6.07) is 12.1. The summed E-state index contributed by atoms with van der Waals surface area (Å²) in [6.45, 7) is 0.629. The van der Waals surface area contributed by atoms with Gasteiger partial charge in [0.2, 0.25) is 11.7 Å². The van der Waals surface area contributed by atoms with Gasteiger partial charge < -0.3 is 24.3 Å². The lowest BCUT2D eigenvalue weighted by atomic mass is 10.3. The van der Waals surface area contributed by atoms with Crippen LogP contribution in [0.2, 0.25) is 0 Å². The minimum absolute atomic E-state index is 0.107. The number of para-hydroxylation sites is 1. The number of amides is 1. The number of aromatic carboxylic acids is 1. The molecule has 2 aromatic rings. The summed E-state index contributed by atoms with van der Waals surface area (Å²) < 4.78 is 15.6. The molecule has 1 aromatic carbocycles. The van der Waals surface area contributed by atoms with Gasteiger partial charge in [-0.25, -0.2) is 4.79 Å². The molecule has 23 heavy (non-hydrogen) atoms. The van der Waals surface area contributed by atoms with E-state index in [1.807, 2.05) is 30.3 Å². The number of ether oxygens (including phenoxy) is 2. The van der Waals surface area contributed by atoms with Gasteiger partial charge in [0.1, 0.15) is 24.7 Å². The zero-order valence-corrected chi connectivity index (χ0v) is 12.4. The highest BCUT2D eigenvalue weighted by atomic mass is 16.5. The lowest BCUT2D eigenvalue weighted by Crippen LogP contribution is -2.27. The van der Waals surface area contributed by atoms with Gasteiger partial charge >= 0.3 is 5.97 Å². The molecule has 0 aliphatic rings. The van der Waals surface area contributed by atoms with Crippen molar-refractivity contribution >= 4 is 11.9 Å². The van der Waals surface area contributed by atoms with Crippen molar-refractivity contribution in [3.8, 4) is 5.75 Å². The highest BCUT2D eigenvalue weighted by molar-refractivity contribution is 5.84. The quantitative estimate of drug-likeness (QED) is 0.683. The van der Waals surface area contributed by atoms with E-state index in [-0.39, 0.29) is 31.4 Å². The van der Waals surface area contributed by atoms with Gasteiger partial charge in [0, 0.05) is 0 Å². The van der Waals surface area contributed by atoms with Crippen LogP contribution in [0.5, 0.6) is 5.75 Å². The van der Waals surface area contributed by atoms with Gasteiger partial charge in [-0.15, -0.1) is 0 Å². The van der Waals surface area contributed by atoms with E-state index in [2.05, 4.69) is 5.32 Å². The van der Waals surface area contributed by atoms with Crippen molar-refractivity contribution in [1.29, 1.82) is 0 Å². The van der Waals surface area contributed by atoms with Gasteiger partial charge in [-0.2, -0.15) is 0 Å². The summed E-state index contributed by atoms with van der Waals surface area (Å²) in [6.07, 6.45) is 0. The van der Waals surface area contributed by atoms with Crippen molar-refractivity contribution < 1.29 is 28.6 Å². The van der Waals surface area contributed by atoms with Gasteiger partial charge in [0.25, 0.3) is 0 Å². The molecule has 0 atom stereocenters. The molecule has 2 rings (SSSR count). The number of rotatable bonds is 9. The van der Waals surface area contributed by atoms with E-state index in [0.717, 1.165) is 5.75 Å². The summed E-state index contributed by atoms with van der Waals surface area (Å²) in [7, 11) is 0. The molecule has 0 saturated heterocycles. The molecule has 0 unspecified atom stereocenters. The minimum atomic E-state index is -1.15. The van der Waals surface area contributed by atoms with Crippen LogP contribution in [0, 0.1) is 0 Å². The summed E-state index contributed by atoms with van der Waals surface area (Å²) in [5, 5.41) is 11.3. The average molecular weight is 319 g/mol. The topological polar surface area (TPSA) is 98.0 Å². The van der Waals surface area contributed by atoms with Crippen molar-refractivity contribution in [3.05, 3.63) is 54.0 Å². The first-order valence-corrected chi connectivity index (χ1v) is 6.99. The smallest absolute Gasteiger partial charge is 0.371 e. The SMILES string of the molecule is O=C(COCCOc1ccccc1)NCc1ccc(C(=O)O)o1. The maximum Gasteiger partial charge on any atom is 0.371 e. The van der Waals surface area contributed by atoms with E-state index in [4.69, 9.17) is 19.0 Å². The largest absolute Gasteiger partial charge is 0.491 e. The second-order valence-corrected chi connectivity index (χ2v) is 4.56. The molecule has 0 saturated carbocycles. The number of hydrogen-bond acceptors (Lipinski definition) is 5. The first-order valence-electron chi connectivity index (χ1n) is 6.99. The van der Waals surface area contributed by atoms with Crippen molar-refractivity contribution in [2.45, 2.75) is 6.54 Å². The molecule has 0 spiro atoms. The Morgan fingerprint density at radius 3 is 2.57 bits per heavy atom. The first-order chi connectivity index (χ1) is 11.1. The highest BCUT2D eigenvalue weighted by Crippen LogP contribution is 2.08. The molecule has 2 N–H and O–H groups in total. The number of nitrogens with one attached hydrogen (secondary N) is 1. The van der Waals surface area contributed by atoms with Gasteiger partial charge in [0.05, 0.1) is 13.2 Å². The Hall–Kier alpha value is -2.80. The highest BCUT2D eigenvalue weighted by Gasteiger charge is 2.09. The molecule has 0 radical (unpaired) electrons. The monoisotopic (exact) mass is 319 g/mol. The van der Waals surface area contributed by atoms with E-state index < -0.39 is 5.97 Å². The molecule has 7 nitrogen and oxygen atoms in total. The zero-order valence-electron chi connectivity index (χ0n) is 12.4. The van der Waals surface area contributed by atoms with Gasteiger partial charge in [-0.3, -0.25) is 4.79 Å². The number of benzene rings is 1. The minimum Gasteiger partial charge on any atom is -0.491 e. The molecule has 0 aliphatic heterocycles. The van der Waals surface area contributed by atoms with Crippen LogP contribution < -0.4 is 10.1 Å². The molecular weight excluding hydrogens is 302 g/mol. The number of carboxylic acids is 1. The lowest BCUT2D eigenvalue weighted by Gasteiger charge is -2.07. The lowest BCUT2D eigenvalue weighted by molar-refractivity contribution is -0.126. The van der Waals surface area contributed by atoms with Crippen LogP contribution in [-0.2, 0) is 16.1 Å². The van der Waals surface area contributed by atoms with Crippen molar-refractivity contribution in [1.82, 2.24) is 5.32 Å². The number of hydrogen-bond donors (Lipinski definition) is 2. The van der Waals surface area contributed by atoms with Crippen molar-refractivity contribution in [3.63, 3.8) is 0 Å². The summed E-state index contributed by atoms with van der Waals surface area (Å²) in [5.74, 6) is -0.526. The summed E-state index contributed by atoms with van der Waals surface area (Å²) in [4.78, 5) is 22.2. The second-order valence-electron chi connectivity index (χ2n) is 4.56.